The van der Waals surface area contributed by atoms with Gasteiger partial charge in [0.25, 0.3) is 0 Å². The number of anilines is 2. The molecule has 0 saturated carbocycles. The zero-order valence-electron chi connectivity index (χ0n) is 16.5. The van der Waals surface area contributed by atoms with E-state index < -0.39 is 0 Å². The van der Waals surface area contributed by atoms with Gasteiger partial charge in [-0.15, -0.1) is 0 Å². The van der Waals surface area contributed by atoms with Crippen LogP contribution in [0.25, 0.3) is 0 Å². The van der Waals surface area contributed by atoms with Gasteiger partial charge in [-0.1, -0.05) is 46.8 Å². The molecular formula is C23H31NO. The summed E-state index contributed by atoms with van der Waals surface area (Å²) in [5.41, 5.74) is 5.05. The number of nitrogens with zero attached hydrogens (tertiary/aromatic N) is 1. The van der Waals surface area contributed by atoms with Crippen LogP contribution < -0.4 is 9.64 Å². The standard InChI is InChI=1S/C23H31NO/c1-7-16(5)19-10-12-21-23(14-19)25-22-13-18(15(3)4)9-11-20(22)24(21)17(6)8-2/h9-17H,7-8H2,1-6H3. The van der Waals surface area contributed by atoms with Gasteiger partial charge in [-0.3, -0.25) is 0 Å². The molecule has 2 atom stereocenters. The van der Waals surface area contributed by atoms with Crippen LogP contribution in [0, 0.1) is 0 Å². The van der Waals surface area contributed by atoms with Crippen molar-refractivity contribution in [2.75, 3.05) is 4.90 Å². The maximum atomic E-state index is 6.39. The van der Waals surface area contributed by atoms with E-state index in [9.17, 15) is 0 Å². The number of hydrogen-bond donors (Lipinski definition) is 0. The molecule has 2 nitrogen and oxygen atoms in total. The lowest BCUT2D eigenvalue weighted by atomic mass is 9.96. The second-order valence-corrected chi connectivity index (χ2v) is 7.65. The van der Waals surface area contributed by atoms with E-state index in [4.69, 9.17) is 4.74 Å². The Morgan fingerprint density at radius 3 is 1.88 bits per heavy atom. The lowest BCUT2D eigenvalue weighted by molar-refractivity contribution is 0.464. The fourth-order valence-corrected chi connectivity index (χ4v) is 3.43. The smallest absolute Gasteiger partial charge is 0.151 e. The molecule has 2 heteroatoms. The highest BCUT2D eigenvalue weighted by atomic mass is 16.5. The van der Waals surface area contributed by atoms with Crippen molar-refractivity contribution in [3.05, 3.63) is 47.5 Å². The van der Waals surface area contributed by atoms with E-state index >= 15 is 0 Å². The van der Waals surface area contributed by atoms with Crippen molar-refractivity contribution >= 4 is 11.4 Å². The molecule has 0 spiro atoms. The lowest BCUT2D eigenvalue weighted by Crippen LogP contribution is -2.30. The van der Waals surface area contributed by atoms with Gasteiger partial charge in [0.2, 0.25) is 0 Å². The molecule has 1 aliphatic heterocycles. The Hall–Kier alpha value is -1.96. The van der Waals surface area contributed by atoms with Crippen LogP contribution in [-0.4, -0.2) is 6.04 Å². The first-order valence-electron chi connectivity index (χ1n) is 9.71. The Kier molecular flexibility index (Phi) is 5.08. The summed E-state index contributed by atoms with van der Waals surface area (Å²) in [4.78, 5) is 2.44. The van der Waals surface area contributed by atoms with Crippen LogP contribution in [0.15, 0.2) is 36.4 Å². The molecule has 25 heavy (non-hydrogen) atoms. The first kappa shape index (κ1) is 17.8. The van der Waals surface area contributed by atoms with Gasteiger partial charge in [0.05, 0.1) is 11.4 Å². The minimum atomic E-state index is 0.431. The van der Waals surface area contributed by atoms with Crippen molar-refractivity contribution in [2.24, 2.45) is 0 Å². The molecule has 134 valence electrons. The molecule has 0 saturated heterocycles. The van der Waals surface area contributed by atoms with Crippen molar-refractivity contribution in [2.45, 2.75) is 72.3 Å². The quantitative estimate of drug-likeness (QED) is 0.565. The SMILES string of the molecule is CCC(C)c1ccc2c(c1)Oc1cc(C(C)C)ccc1N2C(C)CC. The summed E-state index contributed by atoms with van der Waals surface area (Å²) < 4.78 is 6.39. The first-order chi connectivity index (χ1) is 12.0. The Balaban J connectivity index is 2.11. The number of rotatable bonds is 5. The molecule has 2 aromatic rings. The average molecular weight is 338 g/mol. The number of ether oxygens (including phenoxy) is 1. The molecule has 0 fully saturated rings. The number of benzene rings is 2. The van der Waals surface area contributed by atoms with Gasteiger partial charge >= 0.3 is 0 Å². The summed E-state index contributed by atoms with van der Waals surface area (Å²) in [6.07, 6.45) is 2.24. The van der Waals surface area contributed by atoms with E-state index in [0.29, 0.717) is 17.9 Å². The third-order valence-corrected chi connectivity index (χ3v) is 5.59. The molecule has 0 N–H and O–H groups in total. The molecule has 1 aliphatic rings. The average Bonchev–Trinajstić information content (AvgIpc) is 2.63. The van der Waals surface area contributed by atoms with E-state index in [-0.39, 0.29) is 0 Å². The summed E-state index contributed by atoms with van der Waals surface area (Å²) in [7, 11) is 0. The van der Waals surface area contributed by atoms with Crippen molar-refractivity contribution in [3.63, 3.8) is 0 Å². The van der Waals surface area contributed by atoms with Gasteiger partial charge < -0.3 is 9.64 Å². The number of fused-ring (bicyclic) bond motifs is 2. The van der Waals surface area contributed by atoms with Gasteiger partial charge in [0.1, 0.15) is 0 Å². The van der Waals surface area contributed by atoms with Crippen LogP contribution in [0.5, 0.6) is 11.5 Å². The minimum Gasteiger partial charge on any atom is -0.453 e. The van der Waals surface area contributed by atoms with E-state index in [0.717, 1.165) is 24.3 Å². The van der Waals surface area contributed by atoms with E-state index in [1.165, 1.54) is 22.5 Å². The maximum absolute atomic E-state index is 6.39. The first-order valence-corrected chi connectivity index (χ1v) is 9.71. The molecule has 0 radical (unpaired) electrons. The normalized spacial score (nSPS) is 15.4. The monoisotopic (exact) mass is 337 g/mol. The Labute approximate surface area is 152 Å². The van der Waals surface area contributed by atoms with E-state index in [1.807, 2.05) is 0 Å². The van der Waals surface area contributed by atoms with Crippen LogP contribution in [0.2, 0.25) is 0 Å². The molecular weight excluding hydrogens is 306 g/mol. The Morgan fingerprint density at radius 1 is 0.800 bits per heavy atom. The van der Waals surface area contributed by atoms with Crippen LogP contribution >= 0.6 is 0 Å². The largest absolute Gasteiger partial charge is 0.453 e. The predicted molar refractivity (Wildman–Crippen MR) is 108 cm³/mol. The molecule has 0 aliphatic carbocycles. The van der Waals surface area contributed by atoms with E-state index in [1.54, 1.807) is 0 Å². The van der Waals surface area contributed by atoms with Gasteiger partial charge in [-0.25, -0.2) is 0 Å². The minimum absolute atomic E-state index is 0.431. The van der Waals surface area contributed by atoms with Crippen LogP contribution in [-0.2, 0) is 0 Å². The van der Waals surface area contributed by atoms with Crippen LogP contribution in [0.4, 0.5) is 11.4 Å². The van der Waals surface area contributed by atoms with Crippen molar-refractivity contribution in [3.8, 4) is 11.5 Å². The third-order valence-electron chi connectivity index (χ3n) is 5.59. The van der Waals surface area contributed by atoms with Crippen molar-refractivity contribution in [1.29, 1.82) is 0 Å². The second kappa shape index (κ2) is 7.11. The number of hydrogen-bond acceptors (Lipinski definition) is 2. The second-order valence-electron chi connectivity index (χ2n) is 7.65. The Bertz CT molecular complexity index is 750. The van der Waals surface area contributed by atoms with E-state index in [2.05, 4.69) is 82.8 Å². The molecule has 0 bridgehead atoms. The fourth-order valence-electron chi connectivity index (χ4n) is 3.43. The maximum Gasteiger partial charge on any atom is 0.151 e. The molecule has 0 amide bonds. The molecule has 2 aromatic carbocycles. The summed E-state index contributed by atoms with van der Waals surface area (Å²) in [5, 5.41) is 0. The molecule has 3 rings (SSSR count). The third kappa shape index (κ3) is 3.27. The van der Waals surface area contributed by atoms with Gasteiger partial charge in [-0.2, -0.15) is 0 Å². The fraction of sp³-hybridized carbons (Fsp3) is 0.478. The van der Waals surface area contributed by atoms with Gasteiger partial charge in [0, 0.05) is 6.04 Å². The summed E-state index contributed by atoms with van der Waals surface area (Å²) >= 11 is 0. The molecule has 0 aromatic heterocycles. The zero-order valence-corrected chi connectivity index (χ0v) is 16.5. The summed E-state index contributed by atoms with van der Waals surface area (Å²) in [6.45, 7) is 13.5. The lowest BCUT2D eigenvalue weighted by Gasteiger charge is -2.37. The highest BCUT2D eigenvalue weighted by Crippen LogP contribution is 2.49. The highest BCUT2D eigenvalue weighted by molar-refractivity contribution is 5.79. The van der Waals surface area contributed by atoms with Gasteiger partial charge in [0.15, 0.2) is 11.5 Å². The highest BCUT2D eigenvalue weighted by Gasteiger charge is 2.28. The predicted octanol–water partition coefficient (Wildman–Crippen LogP) is 7.37. The topological polar surface area (TPSA) is 12.5 Å². The van der Waals surface area contributed by atoms with Crippen molar-refractivity contribution in [1.82, 2.24) is 0 Å². The van der Waals surface area contributed by atoms with Crippen LogP contribution in [0.3, 0.4) is 0 Å². The zero-order chi connectivity index (χ0) is 18.1. The van der Waals surface area contributed by atoms with Crippen molar-refractivity contribution < 1.29 is 4.74 Å². The summed E-state index contributed by atoms with van der Waals surface area (Å²) in [6, 6.07) is 13.9. The molecule has 2 unspecified atom stereocenters. The van der Waals surface area contributed by atoms with Crippen LogP contribution in [0.1, 0.15) is 77.3 Å². The van der Waals surface area contributed by atoms with Gasteiger partial charge in [-0.05, 0) is 67.0 Å². The summed E-state index contributed by atoms with van der Waals surface area (Å²) in [5.74, 6) is 3.03. The molecule has 1 heterocycles. The Morgan fingerprint density at radius 2 is 1.36 bits per heavy atom.